The highest BCUT2D eigenvalue weighted by molar-refractivity contribution is 7.79. The van der Waals surface area contributed by atoms with E-state index in [2.05, 4.69) is 37.3 Å². The molecule has 0 amide bonds. The van der Waals surface area contributed by atoms with Crippen LogP contribution in [0.4, 0.5) is 0 Å². The summed E-state index contributed by atoms with van der Waals surface area (Å²) in [6.45, 7) is 4.15. The summed E-state index contributed by atoms with van der Waals surface area (Å²) in [7, 11) is 2.05. The van der Waals surface area contributed by atoms with E-state index in [1.807, 2.05) is 30.3 Å². The number of unbranched alkanes of at least 4 members (excludes halogenated alkanes) is 3. The van der Waals surface area contributed by atoms with Gasteiger partial charge in [-0.1, -0.05) is 62.6 Å². The van der Waals surface area contributed by atoms with E-state index in [0.29, 0.717) is 24.1 Å². The molecule has 2 atom stereocenters. The summed E-state index contributed by atoms with van der Waals surface area (Å²) in [4.78, 5) is 0. The Morgan fingerprint density at radius 2 is 2.04 bits per heavy atom. The summed E-state index contributed by atoms with van der Waals surface area (Å²) in [5, 5.41) is 19.4. The number of nitrogens with one attached hydrogen (secondary N) is 1. The number of thiol groups is 1. The predicted molar refractivity (Wildman–Crippen MR) is 119 cm³/mol. The van der Waals surface area contributed by atoms with Crippen LogP contribution >= 0.6 is 12.8 Å². The molecule has 1 heterocycles. The fourth-order valence-corrected chi connectivity index (χ4v) is 3.69. The van der Waals surface area contributed by atoms with Crippen molar-refractivity contribution in [2.75, 3.05) is 26.7 Å². The fraction of sp³-hybridized carbons (Fsp3) is 0.545. The molecule has 154 valence electrons. The van der Waals surface area contributed by atoms with E-state index in [-0.39, 0.29) is 11.6 Å². The summed E-state index contributed by atoms with van der Waals surface area (Å²) < 4.78 is 10.1. The Balaban J connectivity index is 1.96. The summed E-state index contributed by atoms with van der Waals surface area (Å²) >= 11 is 4.01. The van der Waals surface area contributed by atoms with E-state index in [1.54, 1.807) is 0 Å². The Bertz CT molecular complexity index is 690. The molecule has 2 unspecified atom stereocenters. The topological polar surface area (TPSA) is 65.7 Å². The number of aliphatic hydroxyl groups excluding tert-OH is 1. The van der Waals surface area contributed by atoms with Crippen molar-refractivity contribution in [3.05, 3.63) is 47.5 Å². The van der Waals surface area contributed by atoms with Gasteiger partial charge in [-0.05, 0) is 24.8 Å². The number of benzene rings is 1. The predicted octanol–water partition coefficient (Wildman–Crippen LogP) is 4.18. The molecule has 0 spiro atoms. The van der Waals surface area contributed by atoms with E-state index in [1.165, 1.54) is 12.8 Å². The maximum atomic E-state index is 10.9. The number of quaternary nitrogens is 1. The van der Waals surface area contributed by atoms with Crippen LogP contribution in [-0.2, 0) is 11.2 Å². The molecule has 0 saturated carbocycles. The van der Waals surface area contributed by atoms with Gasteiger partial charge < -0.3 is 9.84 Å². The molecule has 0 radical (unpaired) electrons. The van der Waals surface area contributed by atoms with Crippen LogP contribution in [0.25, 0.3) is 0 Å². The smallest absolute Gasteiger partial charge is 0.246 e. The van der Waals surface area contributed by atoms with Crippen LogP contribution in [0.5, 0.6) is 0 Å². The van der Waals surface area contributed by atoms with Gasteiger partial charge in [-0.2, -0.15) is 4.40 Å². The highest BCUT2D eigenvalue weighted by atomic mass is 32.1. The molecule has 0 aromatic heterocycles. The molecule has 28 heavy (non-hydrogen) atoms. The van der Waals surface area contributed by atoms with Crippen molar-refractivity contribution in [3.63, 3.8) is 0 Å². The Hall–Kier alpha value is -1.63. The van der Waals surface area contributed by atoms with E-state index in [4.69, 9.17) is 10.1 Å². The third kappa shape index (κ3) is 6.47. The first-order chi connectivity index (χ1) is 13.5. The molecule has 1 aromatic rings. The van der Waals surface area contributed by atoms with Crippen LogP contribution in [0.2, 0.25) is 0 Å². The number of nitrogens with zero attached hydrogens (tertiary/aromatic N) is 2. The molecule has 1 aliphatic rings. The molecule has 0 aliphatic carbocycles. The van der Waals surface area contributed by atoms with E-state index >= 15 is 0 Å². The summed E-state index contributed by atoms with van der Waals surface area (Å²) in [5.41, 5.74) is 2.26. The Kier molecular flexibility index (Phi) is 9.22. The number of aliphatic hydroxyl groups is 1. The van der Waals surface area contributed by atoms with Crippen LogP contribution in [-0.4, -0.2) is 54.2 Å². The van der Waals surface area contributed by atoms with E-state index in [9.17, 15) is 5.11 Å². The molecule has 1 aliphatic heterocycles. The zero-order chi connectivity index (χ0) is 20.4. The highest BCUT2D eigenvalue weighted by Gasteiger charge is 2.36. The summed E-state index contributed by atoms with van der Waals surface area (Å²) in [6, 6.07) is 10.0. The summed E-state index contributed by atoms with van der Waals surface area (Å²) in [5.74, 6) is 0.275. The van der Waals surface area contributed by atoms with Gasteiger partial charge >= 0.3 is 0 Å². The molecule has 0 bridgehead atoms. The lowest BCUT2D eigenvalue weighted by Gasteiger charge is -2.41. The molecule has 1 aromatic carbocycles. The third-order valence-corrected chi connectivity index (χ3v) is 5.59. The normalized spacial score (nSPS) is 21.1. The van der Waals surface area contributed by atoms with Crippen molar-refractivity contribution in [1.82, 2.24) is 0 Å². The van der Waals surface area contributed by atoms with Gasteiger partial charge in [0.1, 0.15) is 12.3 Å². The van der Waals surface area contributed by atoms with Crippen molar-refractivity contribution in [2.24, 2.45) is 4.40 Å². The lowest BCUT2D eigenvalue weighted by Crippen LogP contribution is -2.56. The van der Waals surface area contributed by atoms with Gasteiger partial charge in [-0.25, -0.2) is 0 Å². The van der Waals surface area contributed by atoms with Gasteiger partial charge in [0, 0.05) is 12.0 Å². The van der Waals surface area contributed by atoms with Crippen molar-refractivity contribution in [2.45, 2.75) is 51.7 Å². The monoisotopic (exact) mass is 404 g/mol. The van der Waals surface area contributed by atoms with Crippen molar-refractivity contribution < 1.29 is 14.3 Å². The minimum Gasteiger partial charge on any atom is -0.476 e. The standard InChI is InChI=1S/C22H33N3O2S/c1-3-4-5-9-15-27-22(24-28)21(23)19-13-10-14-25(2,17-19)20(26)16-18-11-7-6-8-12-18/h6-8,11-13,20,23,26H,3-5,9-10,14-17H2,1-2H3/p+1/b23-21?,24-22+. The first-order valence-corrected chi connectivity index (χ1v) is 10.6. The Morgan fingerprint density at radius 3 is 2.71 bits per heavy atom. The SMILES string of the molecule is CCCCCCO/C(=N/S)C(=N)C1=CCC[N+](C)(C(O)Cc2ccccc2)C1. The zero-order valence-corrected chi connectivity index (χ0v) is 18.0. The number of hydrogen-bond donors (Lipinski definition) is 3. The fourth-order valence-electron chi connectivity index (χ4n) is 3.53. The average molecular weight is 405 g/mol. The first kappa shape index (κ1) is 22.7. The number of rotatable bonds is 10. The second-order valence-electron chi connectivity index (χ2n) is 7.74. The van der Waals surface area contributed by atoms with Gasteiger partial charge in [0.15, 0.2) is 6.23 Å². The molecular weight excluding hydrogens is 370 g/mol. The Morgan fingerprint density at radius 1 is 1.29 bits per heavy atom. The minimum absolute atomic E-state index is 0.275. The molecule has 0 fully saturated rings. The largest absolute Gasteiger partial charge is 0.476 e. The van der Waals surface area contributed by atoms with Crippen LogP contribution in [0, 0.1) is 5.41 Å². The lowest BCUT2D eigenvalue weighted by molar-refractivity contribution is -0.950. The third-order valence-electron chi connectivity index (χ3n) is 5.41. The van der Waals surface area contributed by atoms with Gasteiger partial charge in [0.25, 0.3) is 0 Å². The van der Waals surface area contributed by atoms with Crippen LogP contribution in [0.15, 0.2) is 46.4 Å². The van der Waals surface area contributed by atoms with Crippen molar-refractivity contribution in [3.8, 4) is 0 Å². The number of ether oxygens (including phenoxy) is 1. The molecule has 2 rings (SSSR count). The average Bonchev–Trinajstić information content (AvgIpc) is 2.71. The lowest BCUT2D eigenvalue weighted by atomic mass is 10.0. The first-order valence-electron chi connectivity index (χ1n) is 10.2. The second-order valence-corrected chi connectivity index (χ2v) is 7.94. The van der Waals surface area contributed by atoms with Gasteiger partial charge in [-0.15, -0.1) is 0 Å². The van der Waals surface area contributed by atoms with Gasteiger partial charge in [0.2, 0.25) is 5.90 Å². The molecular formula is C22H34N3O2S+. The van der Waals surface area contributed by atoms with Crippen LogP contribution in [0.3, 0.4) is 0 Å². The van der Waals surface area contributed by atoms with E-state index in [0.717, 1.165) is 36.9 Å². The molecule has 2 N–H and O–H groups in total. The van der Waals surface area contributed by atoms with Crippen LogP contribution in [0.1, 0.15) is 44.6 Å². The second kappa shape index (κ2) is 11.4. The number of hydrogen-bond acceptors (Lipinski definition) is 5. The minimum atomic E-state index is -0.523. The molecule has 0 saturated heterocycles. The summed E-state index contributed by atoms with van der Waals surface area (Å²) in [6.07, 6.45) is 7.40. The molecule has 6 heteroatoms. The van der Waals surface area contributed by atoms with Gasteiger partial charge in [-0.3, -0.25) is 9.89 Å². The van der Waals surface area contributed by atoms with Crippen molar-refractivity contribution in [1.29, 1.82) is 5.41 Å². The quantitative estimate of drug-likeness (QED) is 0.180. The maximum absolute atomic E-state index is 10.9. The van der Waals surface area contributed by atoms with Crippen LogP contribution < -0.4 is 0 Å². The number of likely N-dealkylation sites (N-methyl/N-ethyl adjacent to an activating group) is 1. The zero-order valence-electron chi connectivity index (χ0n) is 17.1. The van der Waals surface area contributed by atoms with Gasteiger partial charge in [0.05, 0.1) is 26.6 Å². The van der Waals surface area contributed by atoms with E-state index < -0.39 is 6.23 Å². The highest BCUT2D eigenvalue weighted by Crippen LogP contribution is 2.23. The molecule has 5 nitrogen and oxygen atoms in total. The van der Waals surface area contributed by atoms with Crippen molar-refractivity contribution >= 4 is 24.4 Å². The maximum Gasteiger partial charge on any atom is 0.246 e. The Labute approximate surface area is 174 Å².